The molecule has 0 spiro atoms. The normalized spacial score (nSPS) is 10.9. The Kier molecular flexibility index (Phi) is 1.51. The maximum Gasteiger partial charge on any atom is 0.0970 e. The van der Waals surface area contributed by atoms with Crippen LogP contribution in [0.15, 0.2) is 48.7 Å². The van der Waals surface area contributed by atoms with Crippen LogP contribution >= 0.6 is 0 Å². The van der Waals surface area contributed by atoms with Crippen LogP contribution in [0.3, 0.4) is 0 Å². The molecule has 0 aliphatic rings. The maximum atomic E-state index is 3.99. The molecular formula is C13H8N. The van der Waals surface area contributed by atoms with Crippen LogP contribution < -0.4 is 0 Å². The lowest BCUT2D eigenvalue weighted by Crippen LogP contribution is -1.78. The fraction of sp³-hybridized carbons (Fsp3) is 0. The van der Waals surface area contributed by atoms with E-state index in [2.05, 4.69) is 47.6 Å². The summed E-state index contributed by atoms with van der Waals surface area (Å²) in [6.07, 6.45) is 4.78. The monoisotopic (exact) mass is 178 g/mol. The number of aromatic nitrogens is 1. The van der Waals surface area contributed by atoms with Crippen molar-refractivity contribution in [2.24, 2.45) is 0 Å². The van der Waals surface area contributed by atoms with Gasteiger partial charge in [0.25, 0.3) is 0 Å². The molecule has 3 aromatic rings. The lowest BCUT2D eigenvalue weighted by molar-refractivity contribution is 1.35. The van der Waals surface area contributed by atoms with Crippen molar-refractivity contribution in [1.29, 1.82) is 0 Å². The Balaban J connectivity index is 2.61. The minimum atomic E-state index is 1.08. The summed E-state index contributed by atoms with van der Waals surface area (Å²) in [6, 6.07) is 14.6. The molecule has 1 heteroatoms. The summed E-state index contributed by atoms with van der Waals surface area (Å²) >= 11 is 0. The molecule has 14 heavy (non-hydrogen) atoms. The van der Waals surface area contributed by atoms with Gasteiger partial charge in [0.2, 0.25) is 0 Å². The number of fused-ring (bicyclic) bond motifs is 3. The Labute approximate surface area is 82.0 Å². The molecule has 0 unspecified atom stereocenters. The van der Waals surface area contributed by atoms with Gasteiger partial charge < -0.3 is 0 Å². The van der Waals surface area contributed by atoms with Gasteiger partial charge in [0.1, 0.15) is 0 Å². The van der Waals surface area contributed by atoms with E-state index in [4.69, 9.17) is 0 Å². The molecule has 0 saturated heterocycles. The quantitative estimate of drug-likeness (QED) is 0.482. The Morgan fingerprint density at radius 3 is 2.79 bits per heavy atom. The molecule has 0 aliphatic heterocycles. The van der Waals surface area contributed by atoms with E-state index in [-0.39, 0.29) is 0 Å². The first kappa shape index (κ1) is 7.51. The molecular weight excluding hydrogens is 170 g/mol. The predicted octanol–water partition coefficient (Wildman–Crippen LogP) is 3.19. The summed E-state index contributed by atoms with van der Waals surface area (Å²) in [7, 11) is 0. The molecule has 1 radical (unpaired) electrons. The molecule has 3 rings (SSSR count). The molecule has 1 nitrogen and oxygen atoms in total. The molecule has 0 saturated carbocycles. The van der Waals surface area contributed by atoms with Crippen LogP contribution in [0.1, 0.15) is 0 Å². The number of hydrogen-bond donors (Lipinski definition) is 0. The minimum absolute atomic E-state index is 1.08. The van der Waals surface area contributed by atoms with Gasteiger partial charge in [0.15, 0.2) is 0 Å². The van der Waals surface area contributed by atoms with Gasteiger partial charge in [0.05, 0.1) is 6.20 Å². The molecule has 1 heterocycles. The third-order valence-electron chi connectivity index (χ3n) is 2.47. The first-order chi connectivity index (χ1) is 6.95. The molecule has 65 valence electrons. The highest BCUT2D eigenvalue weighted by Crippen LogP contribution is 2.23. The second-order valence-corrected chi connectivity index (χ2v) is 3.30. The van der Waals surface area contributed by atoms with E-state index in [0.717, 1.165) is 5.39 Å². The van der Waals surface area contributed by atoms with Gasteiger partial charge in [-0.1, -0.05) is 36.4 Å². The Bertz CT molecular complexity index is 544. The van der Waals surface area contributed by atoms with Gasteiger partial charge in [-0.25, -0.2) is 0 Å². The minimum Gasteiger partial charge on any atom is -0.254 e. The summed E-state index contributed by atoms with van der Waals surface area (Å²) in [4.78, 5) is 3.99. The molecule has 1 aromatic heterocycles. The van der Waals surface area contributed by atoms with Gasteiger partial charge in [-0.2, -0.15) is 0 Å². The van der Waals surface area contributed by atoms with Crippen LogP contribution in [0.25, 0.3) is 21.5 Å². The van der Waals surface area contributed by atoms with Crippen molar-refractivity contribution >= 4 is 21.5 Å². The molecule has 0 aliphatic carbocycles. The molecule has 0 atom stereocenters. The maximum absolute atomic E-state index is 3.99. The van der Waals surface area contributed by atoms with Crippen molar-refractivity contribution in [1.82, 2.24) is 4.98 Å². The van der Waals surface area contributed by atoms with E-state index < -0.39 is 0 Å². The standard InChI is InChI=1S/C13H8N/c1-2-4-12-10(3-1)5-6-11-9-14-8-7-13(11)12/h1-8H. The van der Waals surface area contributed by atoms with Crippen LogP contribution in [-0.4, -0.2) is 4.98 Å². The van der Waals surface area contributed by atoms with Crippen LogP contribution in [0, 0.1) is 6.20 Å². The fourth-order valence-corrected chi connectivity index (χ4v) is 1.79. The lowest BCUT2D eigenvalue weighted by atomic mass is 10.0. The van der Waals surface area contributed by atoms with Crippen molar-refractivity contribution in [2.45, 2.75) is 0 Å². The summed E-state index contributed by atoms with van der Waals surface area (Å²) in [6.45, 7) is 0. The summed E-state index contributed by atoms with van der Waals surface area (Å²) < 4.78 is 0. The SMILES string of the molecule is [c]1nccc2c1ccc1ccccc12. The summed E-state index contributed by atoms with van der Waals surface area (Å²) in [5, 5.41) is 4.83. The Hall–Kier alpha value is -1.89. The van der Waals surface area contributed by atoms with Crippen molar-refractivity contribution in [3.05, 3.63) is 54.9 Å². The third kappa shape index (κ3) is 0.990. The van der Waals surface area contributed by atoms with Gasteiger partial charge in [-0.05, 0) is 22.2 Å². The van der Waals surface area contributed by atoms with Gasteiger partial charge in [-0.15, -0.1) is 0 Å². The Morgan fingerprint density at radius 2 is 1.79 bits per heavy atom. The first-order valence-corrected chi connectivity index (χ1v) is 4.59. The van der Waals surface area contributed by atoms with Crippen LogP contribution in [0.2, 0.25) is 0 Å². The highest BCUT2D eigenvalue weighted by atomic mass is 14.6. The van der Waals surface area contributed by atoms with Gasteiger partial charge >= 0.3 is 0 Å². The summed E-state index contributed by atoms with van der Waals surface area (Å²) in [5.41, 5.74) is 0. The van der Waals surface area contributed by atoms with E-state index in [1.807, 2.05) is 6.07 Å². The van der Waals surface area contributed by atoms with Gasteiger partial charge in [-0.3, -0.25) is 4.98 Å². The fourth-order valence-electron chi connectivity index (χ4n) is 1.79. The van der Waals surface area contributed by atoms with Crippen molar-refractivity contribution in [3.63, 3.8) is 0 Å². The largest absolute Gasteiger partial charge is 0.254 e. The number of nitrogens with zero attached hydrogens (tertiary/aromatic N) is 1. The van der Waals surface area contributed by atoms with Crippen LogP contribution in [-0.2, 0) is 0 Å². The zero-order chi connectivity index (χ0) is 9.38. The van der Waals surface area contributed by atoms with E-state index in [1.165, 1.54) is 16.2 Å². The topological polar surface area (TPSA) is 12.9 Å². The molecule has 2 aromatic carbocycles. The van der Waals surface area contributed by atoms with Crippen LogP contribution in [0.5, 0.6) is 0 Å². The van der Waals surface area contributed by atoms with Crippen molar-refractivity contribution < 1.29 is 0 Å². The zero-order valence-electron chi connectivity index (χ0n) is 7.57. The predicted molar refractivity (Wildman–Crippen MR) is 58.1 cm³/mol. The Morgan fingerprint density at radius 1 is 0.857 bits per heavy atom. The van der Waals surface area contributed by atoms with E-state index in [0.29, 0.717) is 0 Å². The average molecular weight is 178 g/mol. The zero-order valence-corrected chi connectivity index (χ0v) is 7.57. The number of hydrogen-bond acceptors (Lipinski definition) is 1. The molecule has 0 bridgehead atoms. The van der Waals surface area contributed by atoms with Crippen molar-refractivity contribution in [3.8, 4) is 0 Å². The first-order valence-electron chi connectivity index (χ1n) is 4.59. The van der Waals surface area contributed by atoms with E-state index in [9.17, 15) is 0 Å². The lowest BCUT2D eigenvalue weighted by Gasteiger charge is -2.01. The average Bonchev–Trinajstić information content (AvgIpc) is 2.29. The summed E-state index contributed by atoms with van der Waals surface area (Å²) in [5.74, 6) is 0. The molecule has 0 N–H and O–H groups in total. The van der Waals surface area contributed by atoms with Gasteiger partial charge in [0, 0.05) is 11.6 Å². The highest BCUT2D eigenvalue weighted by Gasteiger charge is 1.98. The second kappa shape index (κ2) is 2.81. The molecule has 0 amide bonds. The number of benzene rings is 2. The number of pyridine rings is 1. The van der Waals surface area contributed by atoms with Crippen LogP contribution in [0.4, 0.5) is 0 Å². The van der Waals surface area contributed by atoms with E-state index >= 15 is 0 Å². The highest BCUT2D eigenvalue weighted by molar-refractivity contribution is 6.06. The van der Waals surface area contributed by atoms with Crippen molar-refractivity contribution in [2.75, 3.05) is 0 Å². The third-order valence-corrected chi connectivity index (χ3v) is 2.47. The van der Waals surface area contributed by atoms with E-state index in [1.54, 1.807) is 6.20 Å². The number of rotatable bonds is 0. The second-order valence-electron chi connectivity index (χ2n) is 3.30. The molecule has 0 fully saturated rings. The smallest absolute Gasteiger partial charge is 0.0970 e.